The van der Waals surface area contributed by atoms with Gasteiger partial charge in [-0.15, -0.1) is 0 Å². The number of carboxylic acids is 1. The number of aliphatic carboxylic acids is 1. The molecule has 15 heavy (non-hydrogen) atoms. The second-order valence-electron chi connectivity index (χ2n) is 3.13. The average molecular weight is 219 g/mol. The van der Waals surface area contributed by atoms with Crippen molar-refractivity contribution < 1.29 is 15.7 Å². The van der Waals surface area contributed by atoms with Crippen LogP contribution in [0, 0.1) is 0 Å². The molecule has 88 valence electrons. The third-order valence-corrected chi connectivity index (χ3v) is 1.64. The summed E-state index contributed by atoms with van der Waals surface area (Å²) in [5, 5.41) is 8.45. The van der Waals surface area contributed by atoms with E-state index in [1.54, 1.807) is 6.92 Å². The number of aliphatic imine (C=N–C) groups is 1. The summed E-state index contributed by atoms with van der Waals surface area (Å²) >= 11 is 0. The van der Waals surface area contributed by atoms with Gasteiger partial charge in [0.2, 0.25) is 0 Å². The van der Waals surface area contributed by atoms with E-state index >= 15 is 0 Å². The van der Waals surface area contributed by atoms with Gasteiger partial charge in [-0.25, -0.2) is 4.39 Å². The highest BCUT2D eigenvalue weighted by Gasteiger charge is 2.09. The Morgan fingerprint density at radius 3 is 2.80 bits per heavy atom. The molecule has 0 amide bonds. The van der Waals surface area contributed by atoms with Crippen LogP contribution in [0.3, 0.4) is 0 Å². The summed E-state index contributed by atoms with van der Waals surface area (Å²) in [6, 6.07) is -0.950. The molecule has 0 radical (unpaired) electrons. The molecule has 0 saturated heterocycles. The van der Waals surface area contributed by atoms with Crippen molar-refractivity contribution in [1.82, 2.24) is 0 Å². The van der Waals surface area contributed by atoms with Crippen molar-refractivity contribution in [2.45, 2.75) is 25.8 Å². The van der Waals surface area contributed by atoms with Crippen molar-refractivity contribution in [3.63, 3.8) is 0 Å². The Morgan fingerprint density at radius 1 is 1.73 bits per heavy atom. The Labute approximate surface area is 89.2 Å². The van der Waals surface area contributed by atoms with Crippen molar-refractivity contribution in [3.8, 4) is 0 Å². The monoisotopic (exact) mass is 219 g/mol. The van der Waals surface area contributed by atoms with Gasteiger partial charge in [-0.1, -0.05) is 6.08 Å². The summed E-state index contributed by atoms with van der Waals surface area (Å²) in [6.07, 6.45) is 1.75. The molecule has 1 atom stereocenters. The summed E-state index contributed by atoms with van der Waals surface area (Å²) in [4.78, 5) is 14.0. The molecule has 0 aliphatic heterocycles. The molecule has 0 aromatic rings. The molecule has 0 fully saturated rings. The summed E-state index contributed by atoms with van der Waals surface area (Å²) in [7, 11) is 0. The van der Waals surface area contributed by atoms with E-state index in [0.29, 0.717) is 5.84 Å². The topological polar surface area (TPSA) is 102 Å². The van der Waals surface area contributed by atoms with Crippen LogP contribution in [0.15, 0.2) is 16.9 Å². The number of allylic oxidation sites excluding steroid dienone is 1. The molecular formula is C9H18FN3O2. The summed E-state index contributed by atoms with van der Waals surface area (Å²) in [5.74, 6) is -1.21. The van der Waals surface area contributed by atoms with E-state index in [1.807, 2.05) is 0 Å². The lowest BCUT2D eigenvalue weighted by Gasteiger charge is -2.02. The van der Waals surface area contributed by atoms with Gasteiger partial charge in [0.15, 0.2) is 0 Å². The molecule has 6 heteroatoms. The van der Waals surface area contributed by atoms with Gasteiger partial charge in [0.05, 0.1) is 12.4 Å². The van der Waals surface area contributed by atoms with Crippen molar-refractivity contribution in [1.29, 1.82) is 0 Å². The minimum absolute atomic E-state index is 0. The number of carboxylic acid groups (broad SMARTS) is 1. The fraction of sp³-hybridized carbons (Fsp3) is 0.556. The maximum Gasteiger partial charge on any atom is 0.320 e. The fourth-order valence-electron chi connectivity index (χ4n) is 0.808. The minimum Gasteiger partial charge on any atom is -0.480 e. The fourth-order valence-corrected chi connectivity index (χ4v) is 0.808. The molecule has 0 aliphatic carbocycles. The molecular weight excluding hydrogens is 201 g/mol. The summed E-state index contributed by atoms with van der Waals surface area (Å²) in [5.41, 5.74) is 10.4. The number of nitrogens with two attached hydrogens (primary N) is 2. The van der Waals surface area contributed by atoms with Gasteiger partial charge in [0.1, 0.15) is 11.9 Å². The average Bonchev–Trinajstić information content (AvgIpc) is 2.14. The Balaban J connectivity index is 0. The number of hydrogen-bond acceptors (Lipinski definition) is 3. The number of nitrogens with zero attached hydrogens (tertiary/aromatic N) is 1. The van der Waals surface area contributed by atoms with Crippen LogP contribution in [0.5, 0.6) is 0 Å². The zero-order valence-electron chi connectivity index (χ0n) is 8.61. The van der Waals surface area contributed by atoms with E-state index < -0.39 is 17.8 Å². The molecule has 0 spiro atoms. The second kappa shape index (κ2) is 6.94. The van der Waals surface area contributed by atoms with Gasteiger partial charge in [-0.2, -0.15) is 0 Å². The number of carbonyl (C=O) groups is 1. The Kier molecular flexibility index (Phi) is 6.28. The van der Waals surface area contributed by atoms with Gasteiger partial charge < -0.3 is 16.6 Å². The highest BCUT2D eigenvalue weighted by molar-refractivity contribution is 5.77. The van der Waals surface area contributed by atoms with E-state index in [-0.39, 0.29) is 20.8 Å². The largest absolute Gasteiger partial charge is 0.480 e. The molecule has 5 nitrogen and oxygen atoms in total. The van der Waals surface area contributed by atoms with Gasteiger partial charge in [0, 0.05) is 1.43 Å². The number of hydrogen-bond donors (Lipinski definition) is 3. The predicted octanol–water partition coefficient (Wildman–Crippen LogP) is 0.655. The Morgan fingerprint density at radius 2 is 2.33 bits per heavy atom. The van der Waals surface area contributed by atoms with Gasteiger partial charge in [0.25, 0.3) is 0 Å². The molecule has 0 aromatic heterocycles. The molecule has 0 aromatic carbocycles. The van der Waals surface area contributed by atoms with Crippen molar-refractivity contribution >= 4 is 11.8 Å². The molecule has 0 aliphatic rings. The number of rotatable bonds is 6. The van der Waals surface area contributed by atoms with Gasteiger partial charge in [-0.05, 0) is 19.8 Å². The first-order chi connectivity index (χ1) is 6.93. The van der Waals surface area contributed by atoms with Crippen LogP contribution in [-0.4, -0.2) is 29.5 Å². The first-order valence-electron chi connectivity index (χ1n) is 4.53. The van der Waals surface area contributed by atoms with Crippen LogP contribution in [-0.2, 0) is 4.79 Å². The summed E-state index contributed by atoms with van der Waals surface area (Å²) < 4.78 is 12.9. The predicted molar refractivity (Wildman–Crippen MR) is 58.3 cm³/mol. The van der Waals surface area contributed by atoms with E-state index in [9.17, 15) is 9.18 Å². The van der Waals surface area contributed by atoms with Crippen molar-refractivity contribution in [2.24, 2.45) is 16.5 Å². The lowest BCUT2D eigenvalue weighted by atomic mass is 10.1. The first-order valence-corrected chi connectivity index (χ1v) is 4.53. The molecule has 0 rings (SSSR count). The third-order valence-electron chi connectivity index (χ3n) is 1.64. The quantitative estimate of drug-likeness (QED) is 0.451. The molecule has 0 bridgehead atoms. The van der Waals surface area contributed by atoms with Crippen LogP contribution >= 0.6 is 0 Å². The van der Waals surface area contributed by atoms with Crippen molar-refractivity contribution in [3.05, 3.63) is 11.9 Å². The lowest BCUT2D eigenvalue weighted by molar-refractivity contribution is -0.138. The Hall–Kier alpha value is -1.43. The molecule has 0 heterocycles. The maximum absolute atomic E-state index is 12.9. The zero-order valence-corrected chi connectivity index (χ0v) is 8.61. The second-order valence-corrected chi connectivity index (χ2v) is 3.13. The minimum atomic E-state index is -1.08. The third kappa shape index (κ3) is 7.63. The standard InChI is InChI=1S/C9H16FN3O2.H2/c1-6(11)13-5-7(10)3-2-4-8(12)9(14)15;/h3,8H,2,4-5,12H2,1H3,(H2,11,13)(H,14,15);1H/b7-3-;/t8-;/m0./s1. The van der Waals surface area contributed by atoms with Gasteiger partial charge in [-0.3, -0.25) is 9.79 Å². The van der Waals surface area contributed by atoms with Crippen LogP contribution in [0.2, 0.25) is 0 Å². The van der Waals surface area contributed by atoms with Crippen LogP contribution in [0.25, 0.3) is 0 Å². The SMILES string of the molecule is CC(N)=NC/C(F)=C/CC[C@H](N)C(=O)O.[HH]. The zero-order chi connectivity index (χ0) is 11.8. The van der Waals surface area contributed by atoms with Gasteiger partial charge >= 0.3 is 5.97 Å². The van der Waals surface area contributed by atoms with E-state index in [2.05, 4.69) is 4.99 Å². The number of amidine groups is 1. The summed E-state index contributed by atoms with van der Waals surface area (Å²) in [6.45, 7) is 1.46. The Bertz CT molecular complexity index is 278. The highest BCUT2D eigenvalue weighted by atomic mass is 19.1. The van der Waals surface area contributed by atoms with Crippen LogP contribution < -0.4 is 11.5 Å². The highest BCUT2D eigenvalue weighted by Crippen LogP contribution is 2.03. The molecule has 0 unspecified atom stereocenters. The molecule has 0 saturated carbocycles. The normalized spacial score (nSPS) is 15.1. The van der Waals surface area contributed by atoms with E-state index in [1.165, 1.54) is 6.08 Å². The van der Waals surface area contributed by atoms with E-state index in [4.69, 9.17) is 16.6 Å². The lowest BCUT2D eigenvalue weighted by Crippen LogP contribution is -2.29. The molecule has 5 N–H and O–H groups in total. The maximum atomic E-state index is 12.9. The van der Waals surface area contributed by atoms with Crippen LogP contribution in [0.1, 0.15) is 21.2 Å². The van der Waals surface area contributed by atoms with Crippen molar-refractivity contribution in [2.75, 3.05) is 6.54 Å². The smallest absolute Gasteiger partial charge is 0.320 e. The van der Waals surface area contributed by atoms with E-state index in [0.717, 1.165) is 0 Å². The number of halogens is 1. The van der Waals surface area contributed by atoms with Crippen LogP contribution in [0.4, 0.5) is 4.39 Å². The first kappa shape index (κ1) is 13.6.